The molecule has 0 N–H and O–H groups in total. The van der Waals surface area contributed by atoms with Crippen molar-refractivity contribution in [3.05, 3.63) is 162 Å². The van der Waals surface area contributed by atoms with E-state index in [0.717, 1.165) is 61.9 Å². The summed E-state index contributed by atoms with van der Waals surface area (Å²) in [5.74, 6) is 1.27. The summed E-state index contributed by atoms with van der Waals surface area (Å²) in [6.45, 7) is 0. The van der Waals surface area contributed by atoms with Crippen LogP contribution in [0.15, 0.2) is 151 Å². The Bertz CT molecular complexity index is 2330. The van der Waals surface area contributed by atoms with Crippen molar-refractivity contribution in [1.82, 2.24) is 19.8 Å². The van der Waals surface area contributed by atoms with Gasteiger partial charge in [-0.25, -0.2) is 14.7 Å². The molecule has 2 aromatic heterocycles. The predicted molar refractivity (Wildman–Crippen MR) is 196 cm³/mol. The van der Waals surface area contributed by atoms with Crippen LogP contribution in [0.4, 0.5) is 0 Å². The molecule has 1 amide bonds. The van der Waals surface area contributed by atoms with Crippen LogP contribution in [0.2, 0.25) is 0 Å². The van der Waals surface area contributed by atoms with Crippen molar-refractivity contribution in [3.8, 4) is 39.7 Å². The molecule has 0 spiro atoms. The Morgan fingerprint density at radius 3 is 1.94 bits per heavy atom. The molecule has 5 aromatic carbocycles. The minimum Gasteiger partial charge on any atom is -0.497 e. The van der Waals surface area contributed by atoms with E-state index in [-0.39, 0.29) is 5.91 Å². The summed E-state index contributed by atoms with van der Waals surface area (Å²) in [7, 11) is 3.28. The number of methoxy groups -OCH3 is 2. The van der Waals surface area contributed by atoms with Crippen molar-refractivity contribution >= 4 is 22.5 Å². The van der Waals surface area contributed by atoms with Gasteiger partial charge < -0.3 is 9.47 Å². The molecule has 50 heavy (non-hydrogen) atoms. The van der Waals surface area contributed by atoms with Gasteiger partial charge in [-0.05, 0) is 84.4 Å². The lowest BCUT2D eigenvalue weighted by molar-refractivity contribution is 0.0708. The Morgan fingerprint density at radius 2 is 1.26 bits per heavy atom. The van der Waals surface area contributed by atoms with Gasteiger partial charge >= 0.3 is 0 Å². The minimum absolute atomic E-state index is 0.228. The number of ether oxygens (including phenoxy) is 2. The van der Waals surface area contributed by atoms with Crippen molar-refractivity contribution in [1.29, 1.82) is 0 Å². The molecule has 3 heterocycles. The normalized spacial score (nSPS) is 14.1. The highest BCUT2D eigenvalue weighted by Crippen LogP contribution is 2.38. The lowest BCUT2D eigenvalue weighted by Gasteiger charge is -2.23. The molecular weight excluding hydrogens is 622 g/mol. The number of hydrogen-bond acceptors (Lipinski definition) is 6. The topological polar surface area (TPSA) is 81.8 Å². The second-order valence-corrected chi connectivity index (χ2v) is 12.0. The van der Waals surface area contributed by atoms with Crippen molar-refractivity contribution in [2.75, 3.05) is 14.2 Å². The number of aromatic nitrogens is 3. The zero-order chi connectivity index (χ0) is 34.0. The molecule has 1 unspecified atom stereocenters. The molecule has 0 bridgehead atoms. The van der Waals surface area contributed by atoms with Crippen molar-refractivity contribution < 1.29 is 14.3 Å². The predicted octanol–water partition coefficient (Wildman–Crippen LogP) is 8.76. The summed E-state index contributed by atoms with van der Waals surface area (Å²) in [5, 5.41) is 12.6. The lowest BCUT2D eigenvalue weighted by Crippen LogP contribution is -2.29. The van der Waals surface area contributed by atoms with Gasteiger partial charge in [-0.2, -0.15) is 10.2 Å². The van der Waals surface area contributed by atoms with Gasteiger partial charge in [0.25, 0.3) is 5.91 Å². The number of pyridine rings is 1. The third-order valence-corrected chi connectivity index (χ3v) is 9.02. The van der Waals surface area contributed by atoms with Crippen LogP contribution in [0.25, 0.3) is 39.1 Å². The summed E-state index contributed by atoms with van der Waals surface area (Å²) >= 11 is 0. The van der Waals surface area contributed by atoms with Crippen LogP contribution in [0.3, 0.4) is 0 Å². The lowest BCUT2D eigenvalue weighted by atomic mass is 9.99. The van der Waals surface area contributed by atoms with Crippen LogP contribution >= 0.6 is 0 Å². The fourth-order valence-corrected chi connectivity index (χ4v) is 6.43. The van der Waals surface area contributed by atoms with E-state index in [1.807, 2.05) is 144 Å². The van der Waals surface area contributed by atoms with Crippen LogP contribution in [-0.2, 0) is 0 Å². The Balaban J connectivity index is 1.29. The fourth-order valence-electron chi connectivity index (χ4n) is 6.43. The van der Waals surface area contributed by atoms with Gasteiger partial charge in [0.2, 0.25) is 0 Å². The maximum Gasteiger partial charge on any atom is 0.275 e. The molecule has 0 aliphatic carbocycles. The monoisotopic (exact) mass is 655 g/mol. The third kappa shape index (κ3) is 5.77. The van der Waals surface area contributed by atoms with Crippen LogP contribution < -0.4 is 9.47 Å². The number of hydrazone groups is 1. The van der Waals surface area contributed by atoms with Crippen molar-refractivity contribution in [2.24, 2.45) is 5.10 Å². The number of rotatable bonds is 8. The average molecular weight is 656 g/mol. The van der Waals surface area contributed by atoms with Crippen molar-refractivity contribution in [3.63, 3.8) is 0 Å². The second-order valence-electron chi connectivity index (χ2n) is 12.0. The van der Waals surface area contributed by atoms with Crippen LogP contribution in [0, 0.1) is 0 Å². The zero-order valence-electron chi connectivity index (χ0n) is 27.6. The Hall–Kier alpha value is -6.54. The highest BCUT2D eigenvalue weighted by atomic mass is 16.5. The maximum atomic E-state index is 15.1. The molecule has 1 aliphatic heterocycles. The van der Waals surface area contributed by atoms with E-state index in [1.54, 1.807) is 19.2 Å². The number of carbonyl (C=O) groups is 1. The Labute approximate surface area is 289 Å². The van der Waals surface area contributed by atoms with E-state index < -0.39 is 6.04 Å². The first-order valence-corrected chi connectivity index (χ1v) is 16.4. The van der Waals surface area contributed by atoms with Crippen molar-refractivity contribution in [2.45, 2.75) is 12.5 Å². The summed E-state index contributed by atoms with van der Waals surface area (Å²) in [6, 6.07) is 46.8. The molecule has 8 rings (SSSR count). The summed E-state index contributed by atoms with van der Waals surface area (Å²) < 4.78 is 12.7. The highest BCUT2D eigenvalue weighted by Gasteiger charge is 2.37. The summed E-state index contributed by atoms with van der Waals surface area (Å²) in [6.07, 6.45) is 0.485. The fraction of sp³-hybridized carbons (Fsp3) is 0.0952. The first-order valence-electron chi connectivity index (χ1n) is 16.4. The van der Waals surface area contributed by atoms with Crippen LogP contribution in [0.1, 0.15) is 34.1 Å². The second kappa shape index (κ2) is 13.2. The summed E-state index contributed by atoms with van der Waals surface area (Å²) in [5.41, 5.74) is 8.05. The molecule has 8 nitrogen and oxygen atoms in total. The van der Waals surface area contributed by atoms with Gasteiger partial charge in [0.1, 0.15) is 17.5 Å². The molecular formula is C42H33N5O3. The van der Waals surface area contributed by atoms with Gasteiger partial charge in [-0.3, -0.25) is 4.79 Å². The molecule has 7 aromatic rings. The van der Waals surface area contributed by atoms with Gasteiger partial charge in [0, 0.05) is 22.9 Å². The Morgan fingerprint density at radius 1 is 0.660 bits per heavy atom. The van der Waals surface area contributed by atoms with Gasteiger partial charge in [0.05, 0.1) is 53.8 Å². The number of benzene rings is 5. The molecule has 0 fully saturated rings. The van der Waals surface area contributed by atoms with Gasteiger partial charge in [-0.15, -0.1) is 0 Å². The molecule has 0 radical (unpaired) electrons. The maximum absolute atomic E-state index is 15.1. The third-order valence-electron chi connectivity index (χ3n) is 9.02. The van der Waals surface area contributed by atoms with E-state index in [2.05, 4.69) is 6.07 Å². The quantitative estimate of drug-likeness (QED) is 0.164. The largest absolute Gasteiger partial charge is 0.497 e. The zero-order valence-corrected chi connectivity index (χ0v) is 27.6. The average Bonchev–Trinajstić information content (AvgIpc) is 3.84. The number of carbonyl (C=O) groups excluding carboxylic acids is 1. The van der Waals surface area contributed by atoms with E-state index in [1.165, 1.54) is 0 Å². The number of amides is 1. The standard InChI is InChI=1S/C42H33N5O3/c1-49-32-21-17-29(18-22-32)37-25-35(34-15-9-10-16-36(34)43-37)42(48)47-41(27-39(45-47)30-19-23-33(50-2)24-20-30)40-26-38(28-11-5-3-6-12-28)44-46(40)31-13-7-4-8-14-31/h3-26,41H,27H2,1-2H3. The number of fused-ring (bicyclic) bond motifs is 1. The van der Waals surface area contributed by atoms with E-state index >= 15 is 4.79 Å². The molecule has 0 saturated carbocycles. The molecule has 1 aliphatic rings. The van der Waals surface area contributed by atoms with Gasteiger partial charge in [-0.1, -0.05) is 66.7 Å². The number of hydrogen-bond donors (Lipinski definition) is 0. The molecule has 0 saturated heterocycles. The Kier molecular flexibility index (Phi) is 8.10. The molecule has 8 heteroatoms. The smallest absolute Gasteiger partial charge is 0.275 e. The first-order chi connectivity index (χ1) is 24.6. The van der Waals surface area contributed by atoms with E-state index in [4.69, 9.17) is 24.7 Å². The molecule has 1 atom stereocenters. The number of nitrogens with zero attached hydrogens (tertiary/aromatic N) is 5. The summed E-state index contributed by atoms with van der Waals surface area (Å²) in [4.78, 5) is 20.0. The van der Waals surface area contributed by atoms with E-state index in [9.17, 15) is 0 Å². The minimum atomic E-state index is -0.457. The first kappa shape index (κ1) is 30.8. The van der Waals surface area contributed by atoms with E-state index in [0.29, 0.717) is 17.7 Å². The molecule has 244 valence electrons. The highest BCUT2D eigenvalue weighted by molar-refractivity contribution is 6.10. The van der Waals surface area contributed by atoms with Crippen LogP contribution in [0.5, 0.6) is 11.5 Å². The van der Waals surface area contributed by atoms with Crippen LogP contribution in [-0.4, -0.2) is 45.6 Å². The van der Waals surface area contributed by atoms with Gasteiger partial charge in [0.15, 0.2) is 0 Å². The SMILES string of the molecule is COc1ccc(C2=NN(C(=O)c3cc(-c4ccc(OC)cc4)nc4ccccc34)C(c3cc(-c4ccccc4)nn3-c3ccccc3)C2)cc1. The number of para-hydroxylation sites is 2.